The van der Waals surface area contributed by atoms with E-state index in [2.05, 4.69) is 214 Å². The lowest BCUT2D eigenvalue weighted by molar-refractivity contribution is 0.449. The number of pyridine rings is 1. The molecular weight excluding hydrogens is 705 g/mol. The fraction of sp³-hybridized carbons (Fsp3) is 0.0556. The Hall–Kier alpha value is -7.43. The highest BCUT2D eigenvalue weighted by molar-refractivity contribution is 6.12. The molecule has 0 N–H and O–H groups in total. The summed E-state index contributed by atoms with van der Waals surface area (Å²) in [7, 11) is 2.12. The molecule has 4 nitrogen and oxygen atoms in total. The van der Waals surface area contributed by atoms with Crippen molar-refractivity contribution in [2.45, 2.75) is 12.0 Å². The van der Waals surface area contributed by atoms with Gasteiger partial charge in [0, 0.05) is 65.3 Å². The van der Waals surface area contributed by atoms with Gasteiger partial charge in [0.2, 0.25) is 0 Å². The second-order valence-electron chi connectivity index (χ2n) is 15.7. The quantitative estimate of drug-likeness (QED) is 0.175. The summed E-state index contributed by atoms with van der Waals surface area (Å²) in [4.78, 5) is 6.68. The number of rotatable bonds is 5. The van der Waals surface area contributed by atoms with Gasteiger partial charge in [-0.15, -0.1) is 0 Å². The number of hydrogen-bond acceptors (Lipinski definition) is 2. The number of benzene rings is 7. The first-order valence-electron chi connectivity index (χ1n) is 20.0. The molecule has 10 aromatic rings. The lowest BCUT2D eigenvalue weighted by Gasteiger charge is -2.34. The molecule has 0 atom stereocenters. The Kier molecular flexibility index (Phi) is 7.09. The summed E-state index contributed by atoms with van der Waals surface area (Å²) in [6.45, 7) is 0.870. The van der Waals surface area contributed by atoms with E-state index in [0.717, 1.165) is 17.9 Å². The van der Waals surface area contributed by atoms with E-state index in [0.29, 0.717) is 0 Å². The summed E-state index contributed by atoms with van der Waals surface area (Å²) in [6.07, 6.45) is 8.27. The second kappa shape index (κ2) is 12.5. The van der Waals surface area contributed by atoms with Crippen molar-refractivity contribution in [1.82, 2.24) is 19.0 Å². The summed E-state index contributed by atoms with van der Waals surface area (Å²) in [5, 5.41) is 3.72. The van der Waals surface area contributed by atoms with Crippen LogP contribution in [0.3, 0.4) is 0 Å². The molecule has 4 heteroatoms. The SMILES string of the molecule is CN1C=Cc2c(c3cnccc3n2-c2ccc(-c3ccc(-n4c5ccccc5c5cc6c(cc54)C(c4ccccc4)(c4ccccc4)c4ccccc4-6)cc3)cc2)C1. The van der Waals surface area contributed by atoms with Gasteiger partial charge in [0.05, 0.1) is 27.7 Å². The molecule has 0 amide bonds. The van der Waals surface area contributed by atoms with Crippen LogP contribution in [0.2, 0.25) is 0 Å². The third-order valence-corrected chi connectivity index (χ3v) is 12.6. The molecule has 0 bridgehead atoms. The van der Waals surface area contributed by atoms with Crippen molar-refractivity contribution in [1.29, 1.82) is 0 Å². The maximum Gasteiger partial charge on any atom is 0.0714 e. The van der Waals surface area contributed by atoms with Crippen LogP contribution in [-0.4, -0.2) is 26.1 Å². The van der Waals surface area contributed by atoms with Crippen LogP contribution in [0.1, 0.15) is 33.5 Å². The predicted molar refractivity (Wildman–Crippen MR) is 239 cm³/mol. The minimum absolute atomic E-state index is 0.463. The van der Waals surface area contributed by atoms with Crippen LogP contribution in [0, 0.1) is 0 Å². The van der Waals surface area contributed by atoms with E-state index >= 15 is 0 Å². The minimum atomic E-state index is -0.463. The Morgan fingerprint density at radius 2 is 1.12 bits per heavy atom. The molecule has 1 aliphatic carbocycles. The zero-order valence-electron chi connectivity index (χ0n) is 32.0. The van der Waals surface area contributed by atoms with Crippen molar-refractivity contribution in [3.63, 3.8) is 0 Å². The van der Waals surface area contributed by atoms with Crippen molar-refractivity contribution in [3.8, 4) is 33.6 Å². The molecule has 2 aliphatic rings. The third kappa shape index (κ3) is 4.60. The summed E-state index contributed by atoms with van der Waals surface area (Å²) >= 11 is 0. The average Bonchev–Trinajstić information content (AvgIpc) is 3.90. The van der Waals surface area contributed by atoms with Gasteiger partial charge in [-0.1, -0.05) is 127 Å². The Bertz CT molecular complexity index is 3200. The van der Waals surface area contributed by atoms with Crippen LogP contribution in [0.5, 0.6) is 0 Å². The van der Waals surface area contributed by atoms with Gasteiger partial charge in [0.25, 0.3) is 0 Å². The van der Waals surface area contributed by atoms with Gasteiger partial charge in [-0.3, -0.25) is 4.98 Å². The van der Waals surface area contributed by atoms with Crippen molar-refractivity contribution in [3.05, 3.63) is 228 Å². The normalized spacial score (nSPS) is 13.9. The topological polar surface area (TPSA) is 26.0 Å². The molecule has 12 rings (SSSR count). The summed E-state index contributed by atoms with van der Waals surface area (Å²) < 4.78 is 4.83. The fourth-order valence-electron chi connectivity index (χ4n) is 10.1. The smallest absolute Gasteiger partial charge is 0.0714 e. The third-order valence-electron chi connectivity index (χ3n) is 12.6. The van der Waals surface area contributed by atoms with Gasteiger partial charge in [0.15, 0.2) is 0 Å². The van der Waals surface area contributed by atoms with E-state index in [-0.39, 0.29) is 0 Å². The maximum atomic E-state index is 4.46. The molecule has 274 valence electrons. The summed E-state index contributed by atoms with van der Waals surface area (Å²) in [6, 6.07) is 65.1. The highest BCUT2D eigenvalue weighted by atomic mass is 15.1. The van der Waals surface area contributed by atoms with E-state index in [1.165, 1.54) is 88.5 Å². The van der Waals surface area contributed by atoms with Gasteiger partial charge in [-0.05, 0) is 99.1 Å². The van der Waals surface area contributed by atoms with Crippen molar-refractivity contribution in [2.75, 3.05) is 7.05 Å². The number of hydrogen-bond donors (Lipinski definition) is 0. The summed E-state index contributed by atoms with van der Waals surface area (Å²) in [5.41, 5.74) is 18.1. The lowest BCUT2D eigenvalue weighted by Crippen LogP contribution is -2.28. The zero-order valence-corrected chi connectivity index (χ0v) is 32.0. The molecule has 0 fully saturated rings. The lowest BCUT2D eigenvalue weighted by atomic mass is 9.67. The second-order valence-corrected chi connectivity index (χ2v) is 15.7. The first-order valence-corrected chi connectivity index (χ1v) is 20.0. The molecule has 1 aliphatic heterocycles. The van der Waals surface area contributed by atoms with Crippen LogP contribution < -0.4 is 0 Å². The van der Waals surface area contributed by atoms with Crippen LogP contribution in [0.25, 0.3) is 72.4 Å². The average molecular weight is 743 g/mol. The number of aromatic nitrogens is 3. The maximum absolute atomic E-state index is 4.46. The van der Waals surface area contributed by atoms with Gasteiger partial charge in [-0.2, -0.15) is 0 Å². The fourth-order valence-corrected chi connectivity index (χ4v) is 10.1. The standard InChI is InChI=1S/C54H38N4/c1-56-31-29-52-47(35-56)46-34-55-30-28-51(46)57(52)40-24-20-36(21-25-40)37-22-26-41(27-23-37)58-50-19-11-9-17-43(50)45-32-44-42-16-8-10-18-48(42)54(49(44)33-53(45)58,38-12-4-2-5-13-38)39-14-6-3-7-15-39/h2-34H,35H2,1H3. The molecular formula is C54H38N4. The van der Waals surface area contributed by atoms with Crippen LogP contribution in [0.4, 0.5) is 0 Å². The molecule has 3 aromatic heterocycles. The molecule has 4 heterocycles. The van der Waals surface area contributed by atoms with E-state index in [1.54, 1.807) is 0 Å². The molecule has 58 heavy (non-hydrogen) atoms. The number of fused-ring (bicyclic) bond motifs is 9. The predicted octanol–water partition coefficient (Wildman–Crippen LogP) is 12.6. The highest BCUT2D eigenvalue weighted by Crippen LogP contribution is 2.57. The molecule has 0 spiro atoms. The van der Waals surface area contributed by atoms with E-state index in [4.69, 9.17) is 0 Å². The Morgan fingerprint density at radius 1 is 0.500 bits per heavy atom. The van der Waals surface area contributed by atoms with Gasteiger partial charge >= 0.3 is 0 Å². The molecule has 0 unspecified atom stereocenters. The Balaban J connectivity index is 0.999. The first kappa shape index (κ1) is 32.8. The van der Waals surface area contributed by atoms with Gasteiger partial charge in [0.1, 0.15) is 0 Å². The summed E-state index contributed by atoms with van der Waals surface area (Å²) in [5.74, 6) is 0. The largest absolute Gasteiger partial charge is 0.376 e. The first-order chi connectivity index (χ1) is 28.7. The van der Waals surface area contributed by atoms with E-state index < -0.39 is 5.41 Å². The van der Waals surface area contributed by atoms with Crippen molar-refractivity contribution < 1.29 is 0 Å². The number of para-hydroxylation sites is 1. The zero-order chi connectivity index (χ0) is 38.4. The monoisotopic (exact) mass is 742 g/mol. The van der Waals surface area contributed by atoms with E-state index in [1.807, 2.05) is 12.4 Å². The van der Waals surface area contributed by atoms with Crippen molar-refractivity contribution in [2.24, 2.45) is 0 Å². The van der Waals surface area contributed by atoms with Crippen molar-refractivity contribution >= 4 is 38.8 Å². The minimum Gasteiger partial charge on any atom is -0.376 e. The van der Waals surface area contributed by atoms with Gasteiger partial charge in [-0.25, -0.2) is 0 Å². The van der Waals surface area contributed by atoms with Crippen LogP contribution in [0.15, 0.2) is 195 Å². The highest BCUT2D eigenvalue weighted by Gasteiger charge is 2.46. The molecule has 0 saturated carbocycles. The van der Waals surface area contributed by atoms with Crippen LogP contribution >= 0.6 is 0 Å². The van der Waals surface area contributed by atoms with Crippen LogP contribution in [-0.2, 0) is 12.0 Å². The molecule has 0 saturated heterocycles. The molecule has 7 aromatic carbocycles. The Labute approximate surface area is 337 Å². The molecule has 0 radical (unpaired) electrons. The van der Waals surface area contributed by atoms with Gasteiger partial charge < -0.3 is 14.0 Å². The van der Waals surface area contributed by atoms with E-state index in [9.17, 15) is 0 Å². The number of nitrogens with zero attached hydrogens (tertiary/aromatic N) is 4. The Morgan fingerprint density at radius 3 is 1.84 bits per heavy atom.